The predicted octanol–water partition coefficient (Wildman–Crippen LogP) is 2.70. The summed E-state index contributed by atoms with van der Waals surface area (Å²) in [5.41, 5.74) is 0. The van der Waals surface area contributed by atoms with Crippen molar-refractivity contribution in [2.45, 2.75) is 31.0 Å². The zero-order valence-electron chi connectivity index (χ0n) is 10.6. The van der Waals surface area contributed by atoms with Crippen LogP contribution in [0.15, 0.2) is 30.3 Å². The zero-order valence-corrected chi connectivity index (χ0v) is 12.5. The van der Waals surface area contributed by atoms with Crippen LogP contribution in [-0.4, -0.2) is 31.7 Å². The van der Waals surface area contributed by atoms with Crippen LogP contribution in [0.2, 0.25) is 19.6 Å². The van der Waals surface area contributed by atoms with Gasteiger partial charge in [-0.2, -0.15) is 0 Å². The van der Waals surface area contributed by atoms with E-state index >= 15 is 0 Å². The molecule has 0 N–H and O–H groups in total. The molecular weight excluding hydrogens is 247 g/mol. The van der Waals surface area contributed by atoms with Crippen molar-refractivity contribution in [2.75, 3.05) is 12.3 Å². The molecule has 2 heterocycles. The van der Waals surface area contributed by atoms with E-state index in [9.17, 15) is 4.57 Å². The third kappa shape index (κ3) is 1.60. The van der Waals surface area contributed by atoms with E-state index in [1.807, 2.05) is 30.3 Å². The van der Waals surface area contributed by atoms with Crippen LogP contribution in [0.5, 0.6) is 0 Å². The Bertz CT molecular complexity index is 494. The maximum Gasteiger partial charge on any atom is 0.120 e. The molecule has 0 bridgehead atoms. The smallest absolute Gasteiger partial charge is 0.120 e. The molecule has 4 heteroatoms. The van der Waals surface area contributed by atoms with Gasteiger partial charge < -0.3 is 9.30 Å². The molecule has 0 aromatic heterocycles. The highest BCUT2D eigenvalue weighted by Gasteiger charge is 2.71. The van der Waals surface area contributed by atoms with Crippen molar-refractivity contribution in [3.63, 3.8) is 0 Å². The van der Waals surface area contributed by atoms with Crippen LogP contribution in [0.4, 0.5) is 0 Å². The lowest BCUT2D eigenvalue weighted by Crippen LogP contribution is -2.44. The van der Waals surface area contributed by atoms with Gasteiger partial charge in [-0.1, -0.05) is 50.0 Å². The van der Waals surface area contributed by atoms with E-state index in [0.717, 1.165) is 17.6 Å². The van der Waals surface area contributed by atoms with Gasteiger partial charge in [-0.15, -0.1) is 0 Å². The summed E-state index contributed by atoms with van der Waals surface area (Å²) in [4.78, 5) is 0. The summed E-state index contributed by atoms with van der Waals surface area (Å²) >= 11 is 0. The predicted molar refractivity (Wildman–Crippen MR) is 74.4 cm³/mol. The summed E-state index contributed by atoms with van der Waals surface area (Å²) in [7, 11) is -3.57. The third-order valence-corrected chi connectivity index (χ3v) is 10.9. The first kappa shape index (κ1) is 11.7. The molecule has 3 atom stereocenters. The van der Waals surface area contributed by atoms with Gasteiger partial charge in [-0.3, -0.25) is 0 Å². The Kier molecular flexibility index (Phi) is 2.30. The van der Waals surface area contributed by atoms with E-state index in [0.29, 0.717) is 0 Å². The Morgan fingerprint density at radius 1 is 1.29 bits per heavy atom. The molecule has 2 nitrogen and oxygen atoms in total. The number of benzene rings is 1. The Morgan fingerprint density at radius 2 is 1.94 bits per heavy atom. The van der Waals surface area contributed by atoms with Crippen molar-refractivity contribution < 1.29 is 9.30 Å². The third-order valence-electron chi connectivity index (χ3n) is 4.26. The molecular formula is C13H19O2PSi. The maximum atomic E-state index is 13.0. The average Bonchev–Trinajstić information content (AvgIpc) is 2.85. The Labute approximate surface area is 104 Å². The number of ether oxygens (including phenoxy) is 1. The summed E-state index contributed by atoms with van der Waals surface area (Å²) in [5.74, 6) is 0. The van der Waals surface area contributed by atoms with Gasteiger partial charge in [0, 0.05) is 17.6 Å². The van der Waals surface area contributed by atoms with Crippen LogP contribution in [0, 0.1) is 0 Å². The van der Waals surface area contributed by atoms with Gasteiger partial charge >= 0.3 is 0 Å². The largest absolute Gasteiger partial charge is 0.369 e. The molecule has 17 heavy (non-hydrogen) atoms. The highest BCUT2D eigenvalue weighted by Crippen LogP contribution is 2.66. The van der Waals surface area contributed by atoms with Gasteiger partial charge in [0.15, 0.2) is 0 Å². The summed E-state index contributed by atoms with van der Waals surface area (Å²) in [6.45, 7) is 6.98. The minimum Gasteiger partial charge on any atom is -0.369 e. The van der Waals surface area contributed by atoms with Crippen LogP contribution in [0.3, 0.4) is 0 Å². The fraction of sp³-hybridized carbons (Fsp3) is 0.538. The minimum absolute atomic E-state index is 0.0123. The first-order valence-electron chi connectivity index (χ1n) is 6.19. The van der Waals surface area contributed by atoms with Crippen molar-refractivity contribution in [3.8, 4) is 0 Å². The van der Waals surface area contributed by atoms with Gasteiger partial charge in [0.2, 0.25) is 0 Å². The topological polar surface area (TPSA) is 29.6 Å². The van der Waals surface area contributed by atoms with Crippen LogP contribution in [0.1, 0.15) is 0 Å². The fourth-order valence-corrected chi connectivity index (χ4v) is 10.6. The second-order valence-corrected chi connectivity index (χ2v) is 14.6. The highest BCUT2D eigenvalue weighted by atomic mass is 31.2. The minimum atomic E-state index is -2.18. The molecule has 0 spiro atoms. The van der Waals surface area contributed by atoms with Crippen molar-refractivity contribution in [3.05, 3.63) is 30.3 Å². The van der Waals surface area contributed by atoms with E-state index in [-0.39, 0.29) is 11.3 Å². The molecule has 1 unspecified atom stereocenters. The number of epoxide rings is 1. The summed E-state index contributed by atoms with van der Waals surface area (Å²) in [5, 5.41) is 1.06. The molecule has 2 aliphatic rings. The van der Waals surface area contributed by atoms with Gasteiger partial charge in [-0.05, 0) is 0 Å². The van der Waals surface area contributed by atoms with Crippen molar-refractivity contribution >= 4 is 20.5 Å². The van der Waals surface area contributed by atoms with Crippen molar-refractivity contribution in [1.29, 1.82) is 0 Å². The quantitative estimate of drug-likeness (QED) is 0.468. The number of hydrogen-bond acceptors (Lipinski definition) is 2. The second kappa shape index (κ2) is 3.34. The average molecular weight is 266 g/mol. The molecule has 0 saturated carbocycles. The van der Waals surface area contributed by atoms with Crippen LogP contribution >= 0.6 is 7.14 Å². The molecule has 1 aromatic carbocycles. The Morgan fingerprint density at radius 3 is 2.47 bits per heavy atom. The van der Waals surface area contributed by atoms with Crippen LogP contribution in [0.25, 0.3) is 0 Å². The fourth-order valence-electron chi connectivity index (χ4n) is 3.05. The first-order valence-corrected chi connectivity index (χ1v) is 11.8. The normalized spacial score (nSPS) is 40.1. The lowest BCUT2D eigenvalue weighted by Gasteiger charge is -2.25. The van der Waals surface area contributed by atoms with E-state index in [4.69, 9.17) is 4.74 Å². The van der Waals surface area contributed by atoms with Gasteiger partial charge in [0.1, 0.15) is 7.14 Å². The SMILES string of the molecule is C[Si](C)(C)[C@@]12CP(=O)(c3ccccc3)C[C@@H]1O2. The first-order chi connectivity index (χ1) is 7.87. The van der Waals surface area contributed by atoms with Gasteiger partial charge in [-0.25, -0.2) is 0 Å². The summed E-state index contributed by atoms with van der Waals surface area (Å²) < 4.78 is 19.0. The molecule has 3 rings (SSSR count). The lowest BCUT2D eigenvalue weighted by atomic mass is 10.4. The summed E-state index contributed by atoms with van der Waals surface area (Å²) in [6, 6.07) is 9.99. The van der Waals surface area contributed by atoms with Crippen molar-refractivity contribution in [1.82, 2.24) is 0 Å². The molecule has 2 aliphatic heterocycles. The molecule has 0 aliphatic carbocycles. The van der Waals surface area contributed by atoms with E-state index in [2.05, 4.69) is 19.6 Å². The standard InChI is InChI=1S/C13H19O2PSi/c1-17(2,3)13-10-16(14,9-12(13)15-13)11-7-5-4-6-8-11/h4-8,12H,9-10H2,1-3H3/t12-,13-,16?/m0/s1. The lowest BCUT2D eigenvalue weighted by molar-refractivity contribution is 0.354. The molecule has 92 valence electrons. The van der Waals surface area contributed by atoms with Gasteiger partial charge in [0.25, 0.3) is 0 Å². The number of fused-ring (bicyclic) bond motifs is 1. The molecule has 2 fully saturated rings. The maximum absolute atomic E-state index is 13.0. The summed E-state index contributed by atoms with van der Waals surface area (Å²) in [6.07, 6.45) is 1.83. The zero-order chi connectivity index (χ0) is 12.3. The second-order valence-electron chi connectivity index (χ2n) is 6.31. The van der Waals surface area contributed by atoms with Crippen LogP contribution < -0.4 is 5.30 Å². The van der Waals surface area contributed by atoms with Gasteiger partial charge in [0.05, 0.1) is 19.4 Å². The van der Waals surface area contributed by atoms with Crippen molar-refractivity contribution in [2.24, 2.45) is 0 Å². The number of rotatable bonds is 2. The highest BCUT2D eigenvalue weighted by molar-refractivity contribution is 7.72. The molecule has 0 radical (unpaired) electrons. The van der Waals surface area contributed by atoms with E-state index in [1.165, 1.54) is 0 Å². The Balaban J connectivity index is 1.94. The molecule has 1 aromatic rings. The van der Waals surface area contributed by atoms with Crippen LogP contribution in [-0.2, 0) is 9.30 Å². The molecule has 0 amide bonds. The van der Waals surface area contributed by atoms with E-state index in [1.54, 1.807) is 0 Å². The number of hydrogen-bond donors (Lipinski definition) is 0. The Hall–Kier alpha value is -0.373. The molecule has 2 saturated heterocycles. The van der Waals surface area contributed by atoms with E-state index < -0.39 is 15.2 Å². The monoisotopic (exact) mass is 266 g/mol.